The first kappa shape index (κ1) is 16.1. The zero-order valence-corrected chi connectivity index (χ0v) is 12.6. The molecule has 0 atom stereocenters. The predicted octanol–water partition coefficient (Wildman–Crippen LogP) is 4.13. The van der Waals surface area contributed by atoms with E-state index in [-0.39, 0.29) is 16.0 Å². The van der Waals surface area contributed by atoms with Gasteiger partial charge in [0.05, 0.1) is 11.3 Å². The zero-order chi connectivity index (χ0) is 14.0. The van der Waals surface area contributed by atoms with Crippen molar-refractivity contribution in [3.8, 4) is 0 Å². The molecule has 0 unspecified atom stereocenters. The van der Waals surface area contributed by atoms with Crippen LogP contribution < -0.4 is 0 Å². The molecular formula is C9H7BrClF3O2S2. The van der Waals surface area contributed by atoms with E-state index in [1.807, 2.05) is 0 Å². The Morgan fingerprint density at radius 2 is 1.94 bits per heavy atom. The first-order valence-corrected chi connectivity index (χ1v) is 8.77. The van der Waals surface area contributed by atoms with Gasteiger partial charge >= 0.3 is 6.18 Å². The zero-order valence-electron chi connectivity index (χ0n) is 8.67. The molecule has 0 aliphatic carbocycles. The molecule has 0 aliphatic heterocycles. The summed E-state index contributed by atoms with van der Waals surface area (Å²) in [5.74, 6) is -0.0670. The molecule has 0 N–H and O–H groups in total. The van der Waals surface area contributed by atoms with Gasteiger partial charge in [-0.15, -0.1) is 11.8 Å². The molecule has 9 heteroatoms. The summed E-state index contributed by atoms with van der Waals surface area (Å²) in [6.45, 7) is 0. The third-order valence-corrected chi connectivity index (χ3v) is 5.25. The smallest absolute Gasteiger partial charge is 0.212 e. The maximum atomic E-state index is 12.4. The second kappa shape index (κ2) is 6.02. The molecule has 1 aromatic carbocycles. The Kier molecular flexibility index (Phi) is 5.40. The number of halogens is 5. The molecule has 0 aromatic heterocycles. The summed E-state index contributed by atoms with van der Waals surface area (Å²) in [5, 5.41) is 0. The van der Waals surface area contributed by atoms with E-state index in [0.29, 0.717) is 4.90 Å². The minimum absolute atomic E-state index is 0.176. The monoisotopic (exact) mass is 382 g/mol. The van der Waals surface area contributed by atoms with Crippen LogP contribution in [-0.2, 0) is 15.2 Å². The summed E-state index contributed by atoms with van der Waals surface area (Å²) in [6.07, 6.45) is -4.40. The summed E-state index contributed by atoms with van der Waals surface area (Å²) in [7, 11) is 1.44. The molecule has 0 heterocycles. The quantitative estimate of drug-likeness (QED) is 0.579. The summed E-state index contributed by atoms with van der Waals surface area (Å²) in [6, 6.07) is 3.19. The minimum atomic E-state index is -4.40. The third kappa shape index (κ3) is 5.38. The van der Waals surface area contributed by atoms with Gasteiger partial charge in [-0.25, -0.2) is 8.42 Å². The molecule has 0 bridgehead atoms. The van der Waals surface area contributed by atoms with E-state index in [1.54, 1.807) is 0 Å². The van der Waals surface area contributed by atoms with E-state index in [9.17, 15) is 21.6 Å². The molecule has 0 amide bonds. The van der Waals surface area contributed by atoms with Crippen LogP contribution in [0.25, 0.3) is 0 Å². The van der Waals surface area contributed by atoms with Gasteiger partial charge in [0, 0.05) is 25.8 Å². The summed E-state index contributed by atoms with van der Waals surface area (Å²) in [5.41, 5.74) is -0.760. The van der Waals surface area contributed by atoms with E-state index in [4.69, 9.17) is 10.7 Å². The largest absolute Gasteiger partial charge is 0.416 e. The molecule has 0 fully saturated rings. The van der Waals surface area contributed by atoms with Crippen molar-refractivity contribution in [2.75, 3.05) is 11.5 Å². The van der Waals surface area contributed by atoms with Crippen molar-refractivity contribution < 1.29 is 21.6 Å². The van der Waals surface area contributed by atoms with Crippen LogP contribution >= 0.6 is 38.4 Å². The van der Waals surface area contributed by atoms with Crippen molar-refractivity contribution in [1.29, 1.82) is 0 Å². The van der Waals surface area contributed by atoms with Crippen LogP contribution in [0.15, 0.2) is 27.6 Å². The van der Waals surface area contributed by atoms with E-state index in [0.717, 1.165) is 23.9 Å². The van der Waals surface area contributed by atoms with Gasteiger partial charge in [0.15, 0.2) is 0 Å². The second-order valence-electron chi connectivity index (χ2n) is 3.23. The third-order valence-electron chi connectivity index (χ3n) is 1.84. The van der Waals surface area contributed by atoms with Crippen molar-refractivity contribution in [3.05, 3.63) is 28.2 Å². The SMILES string of the molecule is O=S(=O)(Cl)CCSc1ccc(C(F)(F)F)cc1Br. The van der Waals surface area contributed by atoms with Gasteiger partial charge in [-0.1, -0.05) is 0 Å². The van der Waals surface area contributed by atoms with Crippen LogP contribution in [0.3, 0.4) is 0 Å². The fourth-order valence-corrected chi connectivity index (χ4v) is 4.05. The fraction of sp³-hybridized carbons (Fsp3) is 0.333. The summed E-state index contributed by atoms with van der Waals surface area (Å²) in [4.78, 5) is 0.531. The average Bonchev–Trinajstić information content (AvgIpc) is 2.17. The number of alkyl halides is 3. The van der Waals surface area contributed by atoms with Crippen LogP contribution in [0, 0.1) is 0 Å². The van der Waals surface area contributed by atoms with Gasteiger partial charge in [0.2, 0.25) is 9.05 Å². The van der Waals surface area contributed by atoms with Gasteiger partial charge in [-0.3, -0.25) is 0 Å². The lowest BCUT2D eigenvalue weighted by Gasteiger charge is -2.09. The molecule has 1 aromatic rings. The van der Waals surface area contributed by atoms with Crippen molar-refractivity contribution in [3.63, 3.8) is 0 Å². The number of thioether (sulfide) groups is 1. The number of hydrogen-bond donors (Lipinski definition) is 0. The number of hydrogen-bond acceptors (Lipinski definition) is 3. The highest BCUT2D eigenvalue weighted by atomic mass is 79.9. The van der Waals surface area contributed by atoms with Crippen molar-refractivity contribution in [1.82, 2.24) is 0 Å². The molecule has 2 nitrogen and oxygen atoms in total. The Bertz CT molecular complexity index is 531. The Labute approximate surface area is 119 Å². The first-order valence-electron chi connectivity index (χ1n) is 4.51. The summed E-state index contributed by atoms with van der Waals surface area (Å²) >= 11 is 4.13. The van der Waals surface area contributed by atoms with E-state index in [2.05, 4.69) is 15.9 Å². The number of rotatable bonds is 4. The fourth-order valence-electron chi connectivity index (χ4n) is 1.05. The van der Waals surface area contributed by atoms with E-state index in [1.165, 1.54) is 6.07 Å². The van der Waals surface area contributed by atoms with E-state index >= 15 is 0 Å². The minimum Gasteiger partial charge on any atom is -0.212 e. The van der Waals surface area contributed by atoms with Gasteiger partial charge in [0.1, 0.15) is 0 Å². The normalized spacial score (nSPS) is 12.7. The van der Waals surface area contributed by atoms with Gasteiger partial charge in [-0.2, -0.15) is 13.2 Å². The highest BCUT2D eigenvalue weighted by Gasteiger charge is 2.30. The molecular weight excluding hydrogens is 377 g/mol. The lowest BCUT2D eigenvalue weighted by atomic mass is 10.2. The highest BCUT2D eigenvalue weighted by molar-refractivity contribution is 9.10. The molecule has 0 saturated heterocycles. The predicted molar refractivity (Wildman–Crippen MR) is 69.5 cm³/mol. The molecule has 0 spiro atoms. The van der Waals surface area contributed by atoms with Crippen molar-refractivity contribution in [2.45, 2.75) is 11.1 Å². The van der Waals surface area contributed by atoms with Crippen LogP contribution in [-0.4, -0.2) is 19.9 Å². The van der Waals surface area contributed by atoms with Crippen LogP contribution in [0.4, 0.5) is 13.2 Å². The maximum Gasteiger partial charge on any atom is 0.416 e. The average molecular weight is 384 g/mol. The Hall–Kier alpha value is 0.0800. The molecule has 102 valence electrons. The van der Waals surface area contributed by atoms with Crippen LogP contribution in [0.1, 0.15) is 5.56 Å². The molecule has 0 saturated carbocycles. The Morgan fingerprint density at radius 3 is 2.39 bits per heavy atom. The highest BCUT2D eigenvalue weighted by Crippen LogP contribution is 2.35. The summed E-state index contributed by atoms with van der Waals surface area (Å²) < 4.78 is 58.8. The first-order chi connectivity index (χ1) is 8.09. The topological polar surface area (TPSA) is 34.1 Å². The number of benzene rings is 1. The standard InChI is InChI=1S/C9H7BrClF3O2S2/c10-7-5-6(9(12,13)14)1-2-8(7)17-3-4-18(11,15)16/h1-2,5H,3-4H2. The molecule has 0 radical (unpaired) electrons. The van der Waals surface area contributed by atoms with E-state index < -0.39 is 20.8 Å². The van der Waals surface area contributed by atoms with Gasteiger partial charge in [0.25, 0.3) is 0 Å². The molecule has 18 heavy (non-hydrogen) atoms. The van der Waals surface area contributed by atoms with Crippen LogP contribution in [0.5, 0.6) is 0 Å². The van der Waals surface area contributed by atoms with Crippen molar-refractivity contribution in [2.24, 2.45) is 0 Å². The molecule has 1 rings (SSSR count). The van der Waals surface area contributed by atoms with Gasteiger partial charge < -0.3 is 0 Å². The molecule has 0 aliphatic rings. The second-order valence-corrected chi connectivity index (χ2v) is 8.12. The lowest BCUT2D eigenvalue weighted by molar-refractivity contribution is -0.137. The Morgan fingerprint density at radius 1 is 1.33 bits per heavy atom. The van der Waals surface area contributed by atoms with Crippen LogP contribution in [0.2, 0.25) is 0 Å². The maximum absolute atomic E-state index is 12.4. The Balaban J connectivity index is 2.75. The lowest BCUT2D eigenvalue weighted by Crippen LogP contribution is -2.04. The van der Waals surface area contributed by atoms with Gasteiger partial charge in [-0.05, 0) is 34.1 Å². The van der Waals surface area contributed by atoms with Crippen molar-refractivity contribution >= 4 is 47.4 Å².